The summed E-state index contributed by atoms with van der Waals surface area (Å²) in [5.74, 6) is 0.222. The predicted molar refractivity (Wildman–Crippen MR) is 94.4 cm³/mol. The lowest BCUT2D eigenvalue weighted by Gasteiger charge is -2.31. The standard InChI is InChI=1S/C18H20F2N2O3S/c1-11-10-21-16(26-11)12-5-7-22(8-6-12)17(23)14-4-3-13(24-2)9-15(14)25-18(19)20/h3-4,9-10,12,18H,5-8H2,1-2H3. The van der Waals surface area contributed by atoms with Crippen LogP contribution in [0.5, 0.6) is 11.5 Å². The average molecular weight is 382 g/mol. The Balaban J connectivity index is 1.72. The summed E-state index contributed by atoms with van der Waals surface area (Å²) in [6, 6.07) is 4.34. The molecule has 0 spiro atoms. The quantitative estimate of drug-likeness (QED) is 0.782. The Bertz CT molecular complexity index is 774. The van der Waals surface area contributed by atoms with Crippen LogP contribution in [0.15, 0.2) is 24.4 Å². The van der Waals surface area contributed by atoms with Crippen molar-refractivity contribution in [1.29, 1.82) is 0 Å². The molecule has 0 bridgehead atoms. The molecule has 0 radical (unpaired) electrons. The minimum absolute atomic E-state index is 0.120. The van der Waals surface area contributed by atoms with Crippen molar-refractivity contribution in [3.63, 3.8) is 0 Å². The first-order valence-corrected chi connectivity index (χ1v) is 9.14. The highest BCUT2D eigenvalue weighted by Gasteiger charge is 2.28. The highest BCUT2D eigenvalue weighted by Crippen LogP contribution is 2.33. The second kappa shape index (κ2) is 7.99. The van der Waals surface area contributed by atoms with E-state index in [9.17, 15) is 13.6 Å². The molecule has 2 aromatic rings. The molecule has 0 aliphatic carbocycles. The Morgan fingerprint density at radius 1 is 1.35 bits per heavy atom. The molecule has 0 saturated carbocycles. The van der Waals surface area contributed by atoms with Gasteiger partial charge < -0.3 is 14.4 Å². The molecule has 1 saturated heterocycles. The summed E-state index contributed by atoms with van der Waals surface area (Å²) in [6.45, 7) is 0.131. The Kier molecular flexibility index (Phi) is 5.70. The van der Waals surface area contributed by atoms with Gasteiger partial charge in [0.05, 0.1) is 17.7 Å². The number of aryl methyl sites for hydroxylation is 1. The van der Waals surface area contributed by atoms with Crippen LogP contribution in [0.4, 0.5) is 8.78 Å². The predicted octanol–water partition coefficient (Wildman–Crippen LogP) is 4.08. The summed E-state index contributed by atoms with van der Waals surface area (Å²) >= 11 is 1.68. The molecule has 1 aromatic heterocycles. The van der Waals surface area contributed by atoms with Crippen LogP contribution in [0.1, 0.15) is 39.0 Å². The van der Waals surface area contributed by atoms with Crippen molar-refractivity contribution in [3.05, 3.63) is 39.8 Å². The van der Waals surface area contributed by atoms with E-state index in [4.69, 9.17) is 4.74 Å². The fourth-order valence-corrected chi connectivity index (χ4v) is 4.00. The van der Waals surface area contributed by atoms with Gasteiger partial charge >= 0.3 is 6.61 Å². The second-order valence-corrected chi connectivity index (χ2v) is 7.38. The molecule has 2 heterocycles. The number of rotatable bonds is 5. The maximum absolute atomic E-state index is 12.8. The van der Waals surface area contributed by atoms with E-state index in [0.29, 0.717) is 24.8 Å². The Morgan fingerprint density at radius 3 is 2.65 bits per heavy atom. The maximum Gasteiger partial charge on any atom is 0.387 e. The SMILES string of the molecule is COc1ccc(C(=O)N2CCC(c3ncc(C)s3)CC2)c(OC(F)F)c1. The van der Waals surface area contributed by atoms with Crippen LogP contribution in [0.3, 0.4) is 0 Å². The van der Waals surface area contributed by atoms with Crippen molar-refractivity contribution in [2.75, 3.05) is 20.2 Å². The summed E-state index contributed by atoms with van der Waals surface area (Å²) in [6.07, 6.45) is 3.47. The third-order valence-corrected chi connectivity index (χ3v) is 5.48. The van der Waals surface area contributed by atoms with Crippen LogP contribution < -0.4 is 9.47 Å². The normalized spacial score (nSPS) is 15.3. The van der Waals surface area contributed by atoms with Crippen LogP contribution >= 0.6 is 11.3 Å². The molecule has 1 aliphatic rings. The number of halogens is 2. The van der Waals surface area contributed by atoms with Gasteiger partial charge in [-0.2, -0.15) is 8.78 Å². The van der Waals surface area contributed by atoms with Crippen LogP contribution in [-0.2, 0) is 0 Å². The van der Waals surface area contributed by atoms with E-state index in [-0.39, 0.29) is 17.2 Å². The first-order valence-electron chi connectivity index (χ1n) is 8.32. The Labute approximate surface area is 154 Å². The molecule has 3 rings (SSSR count). The summed E-state index contributed by atoms with van der Waals surface area (Å²) in [4.78, 5) is 20.1. The average Bonchev–Trinajstić information content (AvgIpc) is 3.07. The van der Waals surface area contributed by atoms with Gasteiger partial charge in [0.15, 0.2) is 0 Å². The van der Waals surface area contributed by atoms with Gasteiger partial charge in [-0.25, -0.2) is 4.98 Å². The number of carbonyl (C=O) groups excluding carboxylic acids is 1. The molecule has 26 heavy (non-hydrogen) atoms. The fraction of sp³-hybridized carbons (Fsp3) is 0.444. The molecule has 0 unspecified atom stereocenters. The highest BCUT2D eigenvalue weighted by atomic mass is 32.1. The lowest BCUT2D eigenvalue weighted by Crippen LogP contribution is -2.38. The van der Waals surface area contributed by atoms with Crippen LogP contribution in [0.25, 0.3) is 0 Å². The van der Waals surface area contributed by atoms with Gasteiger partial charge in [0.2, 0.25) is 0 Å². The number of carbonyl (C=O) groups is 1. The van der Waals surface area contributed by atoms with E-state index in [0.717, 1.165) is 17.8 Å². The number of likely N-dealkylation sites (tertiary alicyclic amines) is 1. The number of aromatic nitrogens is 1. The summed E-state index contributed by atoms with van der Waals surface area (Å²) in [5.41, 5.74) is 0.120. The first-order chi connectivity index (χ1) is 12.5. The van der Waals surface area contributed by atoms with Crippen molar-refractivity contribution < 1.29 is 23.0 Å². The summed E-state index contributed by atoms with van der Waals surface area (Å²) in [7, 11) is 1.42. The second-order valence-electron chi connectivity index (χ2n) is 6.12. The zero-order valence-electron chi connectivity index (χ0n) is 14.6. The van der Waals surface area contributed by atoms with Gasteiger partial charge in [0.25, 0.3) is 5.91 Å². The van der Waals surface area contributed by atoms with E-state index >= 15 is 0 Å². The van der Waals surface area contributed by atoms with Crippen molar-refractivity contribution in [2.45, 2.75) is 32.3 Å². The molecule has 8 heteroatoms. The monoisotopic (exact) mass is 382 g/mol. The lowest BCUT2D eigenvalue weighted by molar-refractivity contribution is -0.0503. The highest BCUT2D eigenvalue weighted by molar-refractivity contribution is 7.11. The number of hydrogen-bond acceptors (Lipinski definition) is 5. The van der Waals surface area contributed by atoms with Crippen LogP contribution in [0, 0.1) is 6.92 Å². The van der Waals surface area contributed by atoms with Crippen molar-refractivity contribution >= 4 is 17.2 Å². The zero-order chi connectivity index (χ0) is 18.7. The van der Waals surface area contributed by atoms with E-state index < -0.39 is 6.61 Å². The van der Waals surface area contributed by atoms with E-state index in [1.54, 1.807) is 22.3 Å². The number of nitrogens with zero attached hydrogens (tertiary/aromatic N) is 2. The lowest BCUT2D eigenvalue weighted by atomic mass is 9.97. The molecule has 1 aliphatic heterocycles. The fourth-order valence-electron chi connectivity index (χ4n) is 3.06. The zero-order valence-corrected chi connectivity index (χ0v) is 15.4. The first kappa shape index (κ1) is 18.6. The summed E-state index contributed by atoms with van der Waals surface area (Å²) < 4.78 is 34.9. The minimum Gasteiger partial charge on any atom is -0.497 e. The molecule has 140 valence electrons. The van der Waals surface area contributed by atoms with Crippen molar-refractivity contribution in [3.8, 4) is 11.5 Å². The number of benzene rings is 1. The number of methoxy groups -OCH3 is 1. The smallest absolute Gasteiger partial charge is 0.387 e. The molecule has 0 N–H and O–H groups in total. The maximum atomic E-state index is 12.8. The number of hydrogen-bond donors (Lipinski definition) is 0. The molecule has 5 nitrogen and oxygen atoms in total. The van der Waals surface area contributed by atoms with Crippen LogP contribution in [-0.4, -0.2) is 42.6 Å². The van der Waals surface area contributed by atoms with E-state index in [1.807, 2.05) is 13.1 Å². The van der Waals surface area contributed by atoms with E-state index in [1.165, 1.54) is 24.1 Å². The van der Waals surface area contributed by atoms with E-state index in [2.05, 4.69) is 9.72 Å². The van der Waals surface area contributed by atoms with Gasteiger partial charge in [0.1, 0.15) is 11.5 Å². The number of amides is 1. The topological polar surface area (TPSA) is 51.7 Å². The molecule has 1 fully saturated rings. The molecule has 1 aromatic carbocycles. The Morgan fingerprint density at radius 2 is 2.08 bits per heavy atom. The number of piperidine rings is 1. The van der Waals surface area contributed by atoms with Gasteiger partial charge in [-0.3, -0.25) is 4.79 Å². The van der Waals surface area contributed by atoms with Gasteiger partial charge in [-0.05, 0) is 31.9 Å². The largest absolute Gasteiger partial charge is 0.497 e. The van der Waals surface area contributed by atoms with Gasteiger partial charge in [0, 0.05) is 36.1 Å². The van der Waals surface area contributed by atoms with Gasteiger partial charge in [-0.1, -0.05) is 0 Å². The Hall–Kier alpha value is -2.22. The van der Waals surface area contributed by atoms with Crippen molar-refractivity contribution in [2.24, 2.45) is 0 Å². The van der Waals surface area contributed by atoms with Crippen molar-refractivity contribution in [1.82, 2.24) is 9.88 Å². The number of thiazole rings is 1. The number of ether oxygens (including phenoxy) is 2. The molecule has 1 amide bonds. The molecule has 0 atom stereocenters. The van der Waals surface area contributed by atoms with Crippen LogP contribution in [0.2, 0.25) is 0 Å². The number of alkyl halides is 2. The third-order valence-electron chi connectivity index (χ3n) is 4.41. The molecular formula is C18H20F2N2O3S. The summed E-state index contributed by atoms with van der Waals surface area (Å²) in [5, 5.41) is 1.10. The minimum atomic E-state index is -3.01. The molecular weight excluding hydrogens is 362 g/mol. The third kappa shape index (κ3) is 4.12. The van der Waals surface area contributed by atoms with Gasteiger partial charge in [-0.15, -0.1) is 11.3 Å².